The van der Waals surface area contributed by atoms with Gasteiger partial charge in [-0.05, 0) is 30.0 Å². The first kappa shape index (κ1) is 14.8. The SMILES string of the molecule is O=C(CCl)c1ccc2c(c1)[C@@H](NC(=O)C(F)(F)F)CC2. The third-order valence-electron chi connectivity index (χ3n) is 3.23. The molecule has 108 valence electrons. The standard InChI is InChI=1S/C13H11ClF3NO2/c14-6-11(19)8-2-1-7-3-4-10(9(7)5-8)18-12(20)13(15,16)17/h1-2,5,10H,3-4,6H2,(H,18,20)/t10-/m0/s1. The lowest BCUT2D eigenvalue weighted by atomic mass is 10.0. The van der Waals surface area contributed by atoms with Crippen LogP contribution in [0.5, 0.6) is 0 Å². The number of benzene rings is 1. The summed E-state index contributed by atoms with van der Waals surface area (Å²) in [4.78, 5) is 22.5. The lowest BCUT2D eigenvalue weighted by Crippen LogP contribution is -2.38. The molecule has 0 heterocycles. The summed E-state index contributed by atoms with van der Waals surface area (Å²) in [5.41, 5.74) is 1.73. The average Bonchev–Trinajstić information content (AvgIpc) is 2.79. The van der Waals surface area contributed by atoms with E-state index in [1.165, 1.54) is 6.07 Å². The molecule has 1 aliphatic carbocycles. The van der Waals surface area contributed by atoms with E-state index in [-0.39, 0.29) is 11.7 Å². The molecular weight excluding hydrogens is 295 g/mol. The van der Waals surface area contributed by atoms with Crippen LogP contribution in [-0.4, -0.2) is 23.7 Å². The number of hydrogen-bond acceptors (Lipinski definition) is 2. The van der Waals surface area contributed by atoms with Crippen molar-refractivity contribution in [3.05, 3.63) is 34.9 Å². The molecule has 1 aliphatic rings. The van der Waals surface area contributed by atoms with Gasteiger partial charge in [0.2, 0.25) is 0 Å². The Hall–Kier alpha value is -1.56. The monoisotopic (exact) mass is 305 g/mol. The average molecular weight is 306 g/mol. The minimum Gasteiger partial charge on any atom is -0.341 e. The Morgan fingerprint density at radius 3 is 2.65 bits per heavy atom. The van der Waals surface area contributed by atoms with E-state index in [4.69, 9.17) is 11.6 Å². The lowest BCUT2D eigenvalue weighted by molar-refractivity contribution is -0.174. The van der Waals surface area contributed by atoms with Gasteiger partial charge in [-0.2, -0.15) is 13.2 Å². The first-order chi connectivity index (χ1) is 9.32. The Morgan fingerprint density at radius 2 is 2.05 bits per heavy atom. The van der Waals surface area contributed by atoms with Crippen molar-refractivity contribution >= 4 is 23.3 Å². The molecule has 0 unspecified atom stereocenters. The highest BCUT2D eigenvalue weighted by molar-refractivity contribution is 6.30. The molecule has 0 saturated carbocycles. The molecule has 3 nitrogen and oxygen atoms in total. The van der Waals surface area contributed by atoms with Gasteiger partial charge in [-0.25, -0.2) is 0 Å². The predicted octanol–water partition coefficient (Wildman–Crippen LogP) is 2.77. The van der Waals surface area contributed by atoms with Gasteiger partial charge in [0.05, 0.1) is 11.9 Å². The molecule has 0 aromatic heterocycles. The van der Waals surface area contributed by atoms with Crippen LogP contribution >= 0.6 is 11.6 Å². The molecule has 7 heteroatoms. The van der Waals surface area contributed by atoms with Crippen molar-refractivity contribution in [2.24, 2.45) is 0 Å². The highest BCUT2D eigenvalue weighted by Crippen LogP contribution is 2.33. The van der Waals surface area contributed by atoms with Crippen LogP contribution in [0.1, 0.15) is 33.9 Å². The first-order valence-corrected chi connectivity index (χ1v) is 6.46. The third-order valence-corrected chi connectivity index (χ3v) is 3.47. The minimum absolute atomic E-state index is 0.196. The molecule has 2 rings (SSSR count). The van der Waals surface area contributed by atoms with E-state index in [0.717, 1.165) is 5.56 Å². The Bertz CT molecular complexity index is 557. The smallest absolute Gasteiger partial charge is 0.341 e. The van der Waals surface area contributed by atoms with Gasteiger partial charge in [-0.3, -0.25) is 9.59 Å². The summed E-state index contributed by atoms with van der Waals surface area (Å²) in [6.07, 6.45) is -3.96. The highest BCUT2D eigenvalue weighted by Gasteiger charge is 2.40. The Kier molecular flexibility index (Phi) is 4.04. The van der Waals surface area contributed by atoms with E-state index < -0.39 is 18.1 Å². The molecule has 0 fully saturated rings. The molecule has 0 bridgehead atoms. The van der Waals surface area contributed by atoms with E-state index in [1.807, 2.05) is 5.32 Å². The van der Waals surface area contributed by atoms with Crippen LogP contribution < -0.4 is 5.32 Å². The fourth-order valence-corrected chi connectivity index (χ4v) is 2.40. The van der Waals surface area contributed by atoms with Gasteiger partial charge >= 0.3 is 12.1 Å². The van der Waals surface area contributed by atoms with Crippen molar-refractivity contribution < 1.29 is 22.8 Å². The van der Waals surface area contributed by atoms with Crippen molar-refractivity contribution in [2.45, 2.75) is 25.1 Å². The molecule has 0 aliphatic heterocycles. The Morgan fingerprint density at radius 1 is 1.35 bits per heavy atom. The Balaban J connectivity index is 2.23. The Labute approximate surface area is 118 Å². The molecule has 0 saturated heterocycles. The number of alkyl halides is 4. The van der Waals surface area contributed by atoms with E-state index in [0.29, 0.717) is 24.0 Å². The zero-order valence-electron chi connectivity index (χ0n) is 10.3. The number of carbonyl (C=O) groups is 2. The summed E-state index contributed by atoms with van der Waals surface area (Å²) >= 11 is 5.45. The number of ketones is 1. The zero-order valence-corrected chi connectivity index (χ0v) is 11.0. The van der Waals surface area contributed by atoms with Crippen LogP contribution in [0.15, 0.2) is 18.2 Å². The normalized spacial score (nSPS) is 17.7. The molecule has 1 aromatic rings. The summed E-state index contributed by atoms with van der Waals surface area (Å²) in [7, 11) is 0. The summed E-state index contributed by atoms with van der Waals surface area (Å²) in [5, 5.41) is 1.95. The zero-order chi connectivity index (χ0) is 14.9. The van der Waals surface area contributed by atoms with Gasteiger partial charge < -0.3 is 5.32 Å². The first-order valence-electron chi connectivity index (χ1n) is 5.92. The number of halogens is 4. The molecule has 0 radical (unpaired) electrons. The third kappa shape index (κ3) is 2.95. The van der Waals surface area contributed by atoms with Crippen LogP contribution in [0.25, 0.3) is 0 Å². The summed E-state index contributed by atoms with van der Waals surface area (Å²) in [6.45, 7) is 0. The number of rotatable bonds is 3. The number of nitrogens with one attached hydrogen (secondary N) is 1. The molecule has 1 N–H and O–H groups in total. The number of carbonyl (C=O) groups excluding carboxylic acids is 2. The van der Waals surface area contributed by atoms with Crippen molar-refractivity contribution in [1.82, 2.24) is 5.32 Å². The van der Waals surface area contributed by atoms with E-state index in [9.17, 15) is 22.8 Å². The molecule has 20 heavy (non-hydrogen) atoms. The number of hydrogen-bond donors (Lipinski definition) is 1. The van der Waals surface area contributed by atoms with Gasteiger partial charge in [0.1, 0.15) is 0 Å². The maximum Gasteiger partial charge on any atom is 0.471 e. The summed E-state index contributed by atoms with van der Waals surface area (Å²) < 4.78 is 36.8. The fraction of sp³-hybridized carbons (Fsp3) is 0.385. The van der Waals surface area contributed by atoms with Gasteiger partial charge in [-0.1, -0.05) is 12.1 Å². The van der Waals surface area contributed by atoms with Crippen molar-refractivity contribution in [3.8, 4) is 0 Å². The largest absolute Gasteiger partial charge is 0.471 e. The fourth-order valence-electron chi connectivity index (χ4n) is 2.24. The number of fused-ring (bicyclic) bond motifs is 1. The summed E-state index contributed by atoms with van der Waals surface area (Å²) in [5.74, 6) is -2.47. The number of amides is 1. The van der Waals surface area contributed by atoms with Gasteiger partial charge in [0.15, 0.2) is 5.78 Å². The highest BCUT2D eigenvalue weighted by atomic mass is 35.5. The number of aryl methyl sites for hydroxylation is 1. The molecule has 1 amide bonds. The topological polar surface area (TPSA) is 46.2 Å². The van der Waals surface area contributed by atoms with Crippen molar-refractivity contribution in [2.75, 3.05) is 5.88 Å². The van der Waals surface area contributed by atoms with Crippen LogP contribution in [0, 0.1) is 0 Å². The van der Waals surface area contributed by atoms with E-state index in [2.05, 4.69) is 0 Å². The maximum atomic E-state index is 12.3. The minimum atomic E-state index is -4.91. The predicted molar refractivity (Wildman–Crippen MR) is 66.8 cm³/mol. The summed E-state index contributed by atoms with van der Waals surface area (Å²) in [6, 6.07) is 4.07. The molecular formula is C13H11ClF3NO2. The molecule has 0 spiro atoms. The molecule has 1 aromatic carbocycles. The van der Waals surface area contributed by atoms with Crippen molar-refractivity contribution in [1.29, 1.82) is 0 Å². The van der Waals surface area contributed by atoms with Crippen LogP contribution in [-0.2, 0) is 11.2 Å². The second-order valence-electron chi connectivity index (χ2n) is 4.53. The van der Waals surface area contributed by atoms with Gasteiger partial charge in [0.25, 0.3) is 0 Å². The quantitative estimate of drug-likeness (QED) is 0.689. The van der Waals surface area contributed by atoms with Crippen molar-refractivity contribution in [3.63, 3.8) is 0 Å². The van der Waals surface area contributed by atoms with Gasteiger partial charge in [0, 0.05) is 5.56 Å². The van der Waals surface area contributed by atoms with Gasteiger partial charge in [-0.15, -0.1) is 11.6 Å². The van der Waals surface area contributed by atoms with Crippen LogP contribution in [0.3, 0.4) is 0 Å². The molecule has 1 atom stereocenters. The second-order valence-corrected chi connectivity index (χ2v) is 4.80. The second kappa shape index (κ2) is 5.44. The lowest BCUT2D eigenvalue weighted by Gasteiger charge is -2.16. The number of Topliss-reactive ketones (excluding diaryl/α,β-unsaturated/α-hetero) is 1. The van der Waals surface area contributed by atoms with Crippen LogP contribution in [0.4, 0.5) is 13.2 Å². The van der Waals surface area contributed by atoms with E-state index >= 15 is 0 Å². The van der Waals surface area contributed by atoms with Crippen LogP contribution in [0.2, 0.25) is 0 Å². The maximum absolute atomic E-state index is 12.3. The van der Waals surface area contributed by atoms with E-state index in [1.54, 1.807) is 12.1 Å².